The van der Waals surface area contributed by atoms with Crippen molar-refractivity contribution in [3.8, 4) is 0 Å². The van der Waals surface area contributed by atoms with Crippen LogP contribution in [0.3, 0.4) is 0 Å². The van der Waals surface area contributed by atoms with Crippen molar-refractivity contribution in [1.82, 2.24) is 14.8 Å². The maximum Gasteiger partial charge on any atom is 0.435 e. The van der Waals surface area contributed by atoms with E-state index in [9.17, 15) is 18.0 Å². The number of benzene rings is 2. The van der Waals surface area contributed by atoms with E-state index < -0.39 is 23.8 Å². The van der Waals surface area contributed by atoms with E-state index in [-0.39, 0.29) is 28.0 Å². The van der Waals surface area contributed by atoms with Crippen molar-refractivity contribution in [2.45, 2.75) is 25.7 Å². The van der Waals surface area contributed by atoms with Crippen molar-refractivity contribution >= 4 is 34.9 Å². The van der Waals surface area contributed by atoms with Gasteiger partial charge in [0, 0.05) is 11.8 Å². The Bertz CT molecular complexity index is 1240. The van der Waals surface area contributed by atoms with Gasteiger partial charge in [-0.05, 0) is 30.2 Å². The fourth-order valence-electron chi connectivity index (χ4n) is 3.68. The van der Waals surface area contributed by atoms with Gasteiger partial charge in [0.15, 0.2) is 5.69 Å². The van der Waals surface area contributed by atoms with Crippen LogP contribution in [-0.2, 0) is 17.5 Å². The third kappa shape index (κ3) is 4.57. The van der Waals surface area contributed by atoms with Crippen LogP contribution in [0, 0.1) is 0 Å². The Morgan fingerprint density at radius 3 is 2.48 bits per heavy atom. The number of nitrogens with one attached hydrogen (secondary N) is 1. The van der Waals surface area contributed by atoms with Gasteiger partial charge >= 0.3 is 6.18 Å². The number of nitrogens with zero attached hydrogens (tertiary/aromatic N) is 3. The summed E-state index contributed by atoms with van der Waals surface area (Å²) < 4.78 is 41.3. The van der Waals surface area contributed by atoms with Gasteiger partial charge in [0.05, 0.1) is 22.2 Å². The molecule has 11 heteroatoms. The Kier molecular flexibility index (Phi) is 6.13. The number of anilines is 1. The number of aromatic nitrogens is 2. The lowest BCUT2D eigenvalue weighted by Crippen LogP contribution is -2.42. The van der Waals surface area contributed by atoms with Crippen LogP contribution in [0.4, 0.5) is 19.0 Å². The summed E-state index contributed by atoms with van der Waals surface area (Å²) in [7, 11) is 0. The second kappa shape index (κ2) is 8.74. The van der Waals surface area contributed by atoms with Crippen molar-refractivity contribution in [2.24, 2.45) is 5.84 Å². The number of allylic oxidation sites excluding steroid dienone is 1. The Morgan fingerprint density at radius 1 is 1.15 bits per heavy atom. The second-order valence-electron chi connectivity index (χ2n) is 7.52. The number of nitrogens with two attached hydrogens (primary N) is 1. The molecular formula is C22H18Cl2F3N5O. The minimum atomic E-state index is -4.67. The molecule has 6 nitrogen and oxygen atoms in total. The van der Waals surface area contributed by atoms with Crippen LogP contribution in [0.2, 0.25) is 10.0 Å². The molecule has 3 aromatic rings. The number of rotatable bonds is 4. The Labute approximate surface area is 197 Å². The predicted molar refractivity (Wildman–Crippen MR) is 119 cm³/mol. The standard InChI is InChI=1S/C22H18Cl2F3N5O/c1-12-19(21(33)31(28)11-13-5-3-2-4-6-13)20(14-7-8-15(23)16(24)9-14)32-18(29-12)10-17(30-32)22(25,26)27/h2-10,20,29H,11,28H2,1H3. The number of hydrazine groups is 1. The minimum Gasteiger partial charge on any atom is -0.344 e. The van der Waals surface area contributed by atoms with Crippen molar-refractivity contribution in [1.29, 1.82) is 0 Å². The van der Waals surface area contributed by atoms with Gasteiger partial charge in [-0.3, -0.25) is 9.80 Å². The van der Waals surface area contributed by atoms with Gasteiger partial charge in [-0.25, -0.2) is 10.5 Å². The summed E-state index contributed by atoms with van der Waals surface area (Å²) in [6.45, 7) is 1.70. The zero-order valence-electron chi connectivity index (χ0n) is 17.2. The zero-order chi connectivity index (χ0) is 23.9. The van der Waals surface area contributed by atoms with Crippen molar-refractivity contribution in [3.63, 3.8) is 0 Å². The summed E-state index contributed by atoms with van der Waals surface area (Å²) in [5, 5.41) is 8.07. The van der Waals surface area contributed by atoms with Gasteiger partial charge in [-0.2, -0.15) is 18.3 Å². The molecular weight excluding hydrogens is 478 g/mol. The predicted octanol–water partition coefficient (Wildman–Crippen LogP) is 5.40. The minimum absolute atomic E-state index is 0.0825. The van der Waals surface area contributed by atoms with Crippen molar-refractivity contribution in [3.05, 3.63) is 92.7 Å². The highest BCUT2D eigenvalue weighted by molar-refractivity contribution is 6.42. The number of carbonyl (C=O) groups excluding carboxylic acids is 1. The summed E-state index contributed by atoms with van der Waals surface area (Å²) in [5.41, 5.74) is 0.614. The van der Waals surface area contributed by atoms with E-state index >= 15 is 0 Å². The van der Waals surface area contributed by atoms with E-state index in [0.717, 1.165) is 21.3 Å². The van der Waals surface area contributed by atoms with E-state index in [0.29, 0.717) is 11.3 Å². The van der Waals surface area contributed by atoms with E-state index in [1.54, 1.807) is 13.0 Å². The monoisotopic (exact) mass is 495 g/mol. The molecule has 1 aromatic heterocycles. The quantitative estimate of drug-likeness (QED) is 0.288. The molecule has 0 spiro atoms. The van der Waals surface area contributed by atoms with Crippen molar-refractivity contribution in [2.75, 3.05) is 5.32 Å². The molecule has 1 amide bonds. The summed E-state index contributed by atoms with van der Waals surface area (Å²) >= 11 is 12.2. The number of hydrogen-bond donors (Lipinski definition) is 2. The van der Waals surface area contributed by atoms with Gasteiger partial charge in [-0.1, -0.05) is 59.6 Å². The molecule has 0 saturated heterocycles. The van der Waals surface area contributed by atoms with Gasteiger partial charge in [0.2, 0.25) is 0 Å². The van der Waals surface area contributed by atoms with Gasteiger partial charge < -0.3 is 5.32 Å². The zero-order valence-corrected chi connectivity index (χ0v) is 18.7. The molecule has 0 aliphatic carbocycles. The highest BCUT2D eigenvalue weighted by atomic mass is 35.5. The fourth-order valence-corrected chi connectivity index (χ4v) is 3.99. The largest absolute Gasteiger partial charge is 0.435 e. The maximum atomic E-state index is 13.4. The lowest BCUT2D eigenvalue weighted by atomic mass is 9.94. The van der Waals surface area contributed by atoms with Crippen molar-refractivity contribution < 1.29 is 18.0 Å². The molecule has 2 aromatic carbocycles. The second-order valence-corrected chi connectivity index (χ2v) is 8.33. The summed E-state index contributed by atoms with van der Waals surface area (Å²) in [4.78, 5) is 13.4. The molecule has 3 N–H and O–H groups in total. The van der Waals surface area contributed by atoms with Crippen LogP contribution < -0.4 is 11.2 Å². The number of alkyl halides is 3. The lowest BCUT2D eigenvalue weighted by Gasteiger charge is -2.31. The maximum absolute atomic E-state index is 13.4. The number of hydrogen-bond acceptors (Lipinski definition) is 4. The fraction of sp³-hybridized carbons (Fsp3) is 0.182. The van der Waals surface area contributed by atoms with E-state index in [2.05, 4.69) is 10.4 Å². The molecule has 0 radical (unpaired) electrons. The Hall–Kier alpha value is -3.01. The topological polar surface area (TPSA) is 76.2 Å². The lowest BCUT2D eigenvalue weighted by molar-refractivity contribution is -0.141. The van der Waals surface area contributed by atoms with E-state index in [1.807, 2.05) is 30.3 Å². The summed E-state index contributed by atoms with van der Waals surface area (Å²) in [6.07, 6.45) is -4.67. The van der Waals surface area contributed by atoms with Gasteiger partial charge in [0.25, 0.3) is 5.91 Å². The SMILES string of the molecule is CC1=C(C(=O)N(N)Cc2ccccc2)C(c2ccc(Cl)c(Cl)c2)n2nc(C(F)(F)F)cc2N1. The molecule has 1 aliphatic rings. The van der Waals surface area contributed by atoms with Gasteiger partial charge in [-0.15, -0.1) is 0 Å². The molecule has 0 saturated carbocycles. The molecule has 2 heterocycles. The average molecular weight is 496 g/mol. The molecule has 4 rings (SSSR count). The average Bonchev–Trinajstić information content (AvgIpc) is 3.19. The number of fused-ring (bicyclic) bond motifs is 1. The molecule has 0 bridgehead atoms. The summed E-state index contributed by atoms with van der Waals surface area (Å²) in [6, 6.07) is 13.6. The van der Waals surface area contributed by atoms with Crippen LogP contribution in [0.25, 0.3) is 0 Å². The molecule has 172 valence electrons. The van der Waals surface area contributed by atoms with E-state index in [4.69, 9.17) is 29.0 Å². The first-order valence-electron chi connectivity index (χ1n) is 9.76. The molecule has 33 heavy (non-hydrogen) atoms. The third-order valence-electron chi connectivity index (χ3n) is 5.21. The molecule has 1 unspecified atom stereocenters. The first-order chi connectivity index (χ1) is 15.6. The Balaban J connectivity index is 1.80. The summed E-state index contributed by atoms with van der Waals surface area (Å²) in [5.74, 6) is 5.60. The molecule has 1 atom stereocenters. The smallest absolute Gasteiger partial charge is 0.344 e. The van der Waals surface area contributed by atoms with Crippen LogP contribution in [0.15, 0.2) is 65.9 Å². The number of amides is 1. The number of halogens is 5. The van der Waals surface area contributed by atoms with Gasteiger partial charge in [0.1, 0.15) is 11.9 Å². The highest BCUT2D eigenvalue weighted by Gasteiger charge is 2.40. The molecule has 0 fully saturated rings. The van der Waals surface area contributed by atoms with Crippen LogP contribution in [0.5, 0.6) is 0 Å². The van der Waals surface area contributed by atoms with E-state index in [1.165, 1.54) is 12.1 Å². The van der Waals surface area contributed by atoms with Crippen LogP contribution >= 0.6 is 23.2 Å². The first-order valence-corrected chi connectivity index (χ1v) is 10.5. The Morgan fingerprint density at radius 2 is 1.85 bits per heavy atom. The normalized spacial score (nSPS) is 15.8. The first kappa shape index (κ1) is 23.2. The highest BCUT2D eigenvalue weighted by Crippen LogP contribution is 2.41. The third-order valence-corrected chi connectivity index (χ3v) is 5.95. The molecule has 1 aliphatic heterocycles. The van der Waals surface area contributed by atoms with Crippen LogP contribution in [-0.4, -0.2) is 20.7 Å². The number of carbonyl (C=O) groups is 1. The van der Waals surface area contributed by atoms with Crippen LogP contribution in [0.1, 0.15) is 29.8 Å².